The van der Waals surface area contributed by atoms with Gasteiger partial charge in [-0.3, -0.25) is 9.59 Å². The van der Waals surface area contributed by atoms with Crippen molar-refractivity contribution in [3.63, 3.8) is 0 Å². The molecule has 0 saturated heterocycles. The summed E-state index contributed by atoms with van der Waals surface area (Å²) in [4.78, 5) is 35.6. The number of esters is 1. The molecule has 0 saturated carbocycles. The fourth-order valence-electron chi connectivity index (χ4n) is 2.55. The molecular weight excluding hydrogens is 600 g/mol. The number of benzene rings is 2. The van der Waals surface area contributed by atoms with Crippen LogP contribution in [0.3, 0.4) is 0 Å². The van der Waals surface area contributed by atoms with Crippen LogP contribution in [-0.4, -0.2) is 50.9 Å². The Kier molecular flexibility index (Phi) is 11.4. The first-order valence-electron chi connectivity index (χ1n) is 9.96. The standard InChI is InChI=1S/C22H22Cl2IN3O6/c1-3-33-20(30)12-34-21-17(25)8-13(9-18(21)32-2)11-27-28-19(29)6-7-26-22(31)14-4-5-15(23)16(24)10-14/h4-5,8-11H,3,6-7,12H2,1-2H3,(H,26,31)(H,28,29). The molecule has 2 aromatic rings. The van der Waals surface area contributed by atoms with E-state index >= 15 is 0 Å². The summed E-state index contributed by atoms with van der Waals surface area (Å²) >= 11 is 13.8. The van der Waals surface area contributed by atoms with Crippen molar-refractivity contribution in [3.05, 3.63) is 55.1 Å². The Balaban J connectivity index is 1.86. The lowest BCUT2D eigenvalue weighted by molar-refractivity contribution is -0.145. The summed E-state index contributed by atoms with van der Waals surface area (Å²) in [6.45, 7) is 1.84. The molecule has 2 N–H and O–H groups in total. The molecule has 9 nitrogen and oxygen atoms in total. The van der Waals surface area contributed by atoms with E-state index in [0.29, 0.717) is 31.2 Å². The minimum Gasteiger partial charge on any atom is -0.493 e. The van der Waals surface area contributed by atoms with Gasteiger partial charge in [0.05, 0.1) is 33.5 Å². The molecule has 12 heteroatoms. The van der Waals surface area contributed by atoms with Crippen LogP contribution in [0.1, 0.15) is 29.3 Å². The first-order valence-corrected chi connectivity index (χ1v) is 11.8. The van der Waals surface area contributed by atoms with Crippen molar-refractivity contribution in [2.75, 3.05) is 26.9 Å². The first-order chi connectivity index (χ1) is 16.2. The summed E-state index contributed by atoms with van der Waals surface area (Å²) in [6, 6.07) is 7.91. The molecule has 0 aliphatic heterocycles. The van der Waals surface area contributed by atoms with E-state index in [9.17, 15) is 14.4 Å². The molecule has 0 heterocycles. The summed E-state index contributed by atoms with van der Waals surface area (Å²) in [5, 5.41) is 7.16. The summed E-state index contributed by atoms with van der Waals surface area (Å²) in [5.41, 5.74) is 3.37. The summed E-state index contributed by atoms with van der Waals surface area (Å²) in [5.74, 6) is -0.450. The van der Waals surface area contributed by atoms with Gasteiger partial charge in [0.2, 0.25) is 5.91 Å². The topological polar surface area (TPSA) is 115 Å². The van der Waals surface area contributed by atoms with E-state index in [1.54, 1.807) is 19.1 Å². The van der Waals surface area contributed by atoms with Gasteiger partial charge in [0, 0.05) is 18.5 Å². The van der Waals surface area contributed by atoms with Crippen molar-refractivity contribution in [2.24, 2.45) is 5.10 Å². The normalized spacial score (nSPS) is 10.6. The molecule has 0 unspecified atom stereocenters. The fraction of sp³-hybridized carbons (Fsp3) is 0.273. The minimum atomic E-state index is -0.484. The lowest BCUT2D eigenvalue weighted by Crippen LogP contribution is -2.29. The molecule has 0 aromatic heterocycles. The predicted octanol–water partition coefficient (Wildman–Crippen LogP) is 3.82. The Bertz CT molecular complexity index is 1080. The highest BCUT2D eigenvalue weighted by Gasteiger charge is 2.14. The van der Waals surface area contributed by atoms with E-state index in [-0.39, 0.29) is 43.0 Å². The number of amides is 2. The van der Waals surface area contributed by atoms with Crippen LogP contribution in [0.4, 0.5) is 0 Å². The Morgan fingerprint density at radius 3 is 2.59 bits per heavy atom. The van der Waals surface area contributed by atoms with Gasteiger partial charge in [-0.25, -0.2) is 10.2 Å². The number of hydrogen-bond acceptors (Lipinski definition) is 7. The average Bonchev–Trinajstić information content (AvgIpc) is 2.79. The molecule has 2 aromatic carbocycles. The predicted molar refractivity (Wildman–Crippen MR) is 137 cm³/mol. The van der Waals surface area contributed by atoms with Crippen LogP contribution in [-0.2, 0) is 14.3 Å². The van der Waals surface area contributed by atoms with Crippen molar-refractivity contribution >= 4 is 69.8 Å². The van der Waals surface area contributed by atoms with E-state index in [0.717, 1.165) is 0 Å². The third-order valence-electron chi connectivity index (χ3n) is 4.11. The number of hydrazone groups is 1. The Morgan fingerprint density at radius 2 is 1.91 bits per heavy atom. The zero-order valence-corrected chi connectivity index (χ0v) is 22.0. The van der Waals surface area contributed by atoms with Crippen LogP contribution < -0.4 is 20.2 Å². The molecule has 0 radical (unpaired) electrons. The largest absolute Gasteiger partial charge is 0.493 e. The second-order valence-corrected chi connectivity index (χ2v) is 8.53. The second kappa shape index (κ2) is 14.0. The summed E-state index contributed by atoms with van der Waals surface area (Å²) < 4.78 is 16.4. The molecule has 0 spiro atoms. The monoisotopic (exact) mass is 621 g/mol. The van der Waals surface area contributed by atoms with Gasteiger partial charge in [0.25, 0.3) is 5.91 Å². The van der Waals surface area contributed by atoms with Gasteiger partial charge in [-0.1, -0.05) is 23.2 Å². The highest BCUT2D eigenvalue weighted by molar-refractivity contribution is 14.1. The van der Waals surface area contributed by atoms with Crippen molar-refractivity contribution in [3.8, 4) is 11.5 Å². The van der Waals surface area contributed by atoms with E-state index in [1.165, 1.54) is 31.5 Å². The van der Waals surface area contributed by atoms with Gasteiger partial charge in [0.15, 0.2) is 18.1 Å². The molecule has 0 bridgehead atoms. The zero-order chi connectivity index (χ0) is 25.1. The van der Waals surface area contributed by atoms with E-state index in [4.69, 9.17) is 37.4 Å². The lowest BCUT2D eigenvalue weighted by atomic mass is 10.2. The number of carbonyl (C=O) groups excluding carboxylic acids is 3. The van der Waals surface area contributed by atoms with Crippen LogP contribution in [0.25, 0.3) is 0 Å². The number of halogens is 3. The van der Waals surface area contributed by atoms with Crippen LogP contribution >= 0.6 is 45.8 Å². The number of hydrogen-bond donors (Lipinski definition) is 2. The Hall–Kier alpha value is -2.57. The molecule has 0 atom stereocenters. The maximum atomic E-state index is 12.1. The molecular formula is C22H22Cl2IN3O6. The van der Waals surface area contributed by atoms with E-state index in [1.807, 2.05) is 22.6 Å². The molecule has 34 heavy (non-hydrogen) atoms. The van der Waals surface area contributed by atoms with Crippen molar-refractivity contribution in [2.45, 2.75) is 13.3 Å². The first kappa shape index (κ1) is 27.7. The van der Waals surface area contributed by atoms with E-state index < -0.39 is 5.97 Å². The van der Waals surface area contributed by atoms with Crippen LogP contribution in [0.15, 0.2) is 35.4 Å². The highest BCUT2D eigenvalue weighted by Crippen LogP contribution is 2.33. The number of methoxy groups -OCH3 is 1. The van der Waals surface area contributed by atoms with Gasteiger partial charge in [-0.2, -0.15) is 5.10 Å². The summed E-state index contributed by atoms with van der Waals surface area (Å²) in [7, 11) is 1.47. The average molecular weight is 622 g/mol. The zero-order valence-electron chi connectivity index (χ0n) is 18.3. The SMILES string of the molecule is CCOC(=O)COc1c(I)cc(C=NNC(=O)CCNC(=O)c2ccc(Cl)c(Cl)c2)cc1OC. The van der Waals surface area contributed by atoms with Crippen molar-refractivity contribution in [1.82, 2.24) is 10.7 Å². The molecule has 2 rings (SSSR count). The number of ether oxygens (including phenoxy) is 3. The third kappa shape index (κ3) is 8.65. The fourth-order valence-corrected chi connectivity index (χ4v) is 3.63. The van der Waals surface area contributed by atoms with Crippen molar-refractivity contribution < 1.29 is 28.6 Å². The molecule has 0 aliphatic rings. The number of nitrogens with one attached hydrogen (secondary N) is 2. The van der Waals surface area contributed by atoms with Crippen LogP contribution in [0.5, 0.6) is 11.5 Å². The second-order valence-electron chi connectivity index (χ2n) is 6.56. The molecule has 182 valence electrons. The maximum Gasteiger partial charge on any atom is 0.344 e. The van der Waals surface area contributed by atoms with E-state index in [2.05, 4.69) is 15.8 Å². The van der Waals surface area contributed by atoms with Crippen LogP contribution in [0, 0.1) is 3.57 Å². The number of nitrogens with zero attached hydrogens (tertiary/aromatic N) is 1. The quantitative estimate of drug-likeness (QED) is 0.171. The van der Waals surface area contributed by atoms with Gasteiger partial charge in [-0.05, 0) is 65.4 Å². The minimum absolute atomic E-state index is 0.0197. The van der Waals surface area contributed by atoms with Gasteiger partial charge < -0.3 is 19.5 Å². The maximum absolute atomic E-state index is 12.1. The van der Waals surface area contributed by atoms with Crippen LogP contribution in [0.2, 0.25) is 10.0 Å². The van der Waals surface area contributed by atoms with Gasteiger partial charge >= 0.3 is 5.97 Å². The lowest BCUT2D eigenvalue weighted by Gasteiger charge is -2.13. The molecule has 0 fully saturated rings. The smallest absolute Gasteiger partial charge is 0.344 e. The highest BCUT2D eigenvalue weighted by atomic mass is 127. The molecule has 2 amide bonds. The number of carbonyl (C=O) groups is 3. The van der Waals surface area contributed by atoms with Gasteiger partial charge in [-0.15, -0.1) is 0 Å². The third-order valence-corrected chi connectivity index (χ3v) is 5.65. The Morgan fingerprint density at radius 1 is 1.15 bits per heavy atom. The molecule has 0 aliphatic carbocycles. The Labute approximate surface area is 220 Å². The summed E-state index contributed by atoms with van der Waals surface area (Å²) in [6.07, 6.45) is 1.46. The van der Waals surface area contributed by atoms with Gasteiger partial charge in [0.1, 0.15) is 0 Å². The van der Waals surface area contributed by atoms with Crippen molar-refractivity contribution in [1.29, 1.82) is 0 Å². The number of rotatable bonds is 11.